The van der Waals surface area contributed by atoms with Gasteiger partial charge in [-0.2, -0.15) is 0 Å². The number of benzene rings is 1. The number of hydrogen-bond acceptors (Lipinski definition) is 3. The Labute approximate surface area is 146 Å². The van der Waals surface area contributed by atoms with Crippen LogP contribution in [0.2, 0.25) is 0 Å². The molecule has 0 aromatic heterocycles. The fraction of sp³-hybridized carbons (Fsp3) is 0.562. The van der Waals surface area contributed by atoms with Crippen molar-refractivity contribution in [2.45, 2.75) is 19.4 Å². The topological polar surface area (TPSA) is 36.5 Å². The summed E-state index contributed by atoms with van der Waals surface area (Å²) in [6.07, 6.45) is 1.09. The minimum atomic E-state index is 0.201. The number of morpholine rings is 1. The van der Waals surface area contributed by atoms with Gasteiger partial charge in [0.2, 0.25) is 0 Å². The quantitative estimate of drug-likeness (QED) is 0.581. The largest absolute Gasteiger partial charge is 0.379 e. The van der Waals surface area contributed by atoms with Gasteiger partial charge >= 0.3 is 0 Å². The Hall–Kier alpha value is -0.690. The zero-order valence-electron chi connectivity index (χ0n) is 13.0. The van der Waals surface area contributed by atoms with Crippen LogP contribution < -0.4 is 10.6 Å². The number of halogens is 1. The summed E-state index contributed by atoms with van der Waals surface area (Å²) in [6.45, 7) is 7.92. The van der Waals surface area contributed by atoms with Crippen molar-refractivity contribution in [2.75, 3.05) is 39.4 Å². The molecule has 0 bridgehead atoms. The van der Waals surface area contributed by atoms with Crippen molar-refractivity contribution in [1.29, 1.82) is 0 Å². The molecular formula is C16H24BrN3OS. The van der Waals surface area contributed by atoms with E-state index in [0.717, 1.165) is 55.4 Å². The molecule has 1 heterocycles. The standard InChI is InChI=1S/C16H24BrN3OS/c1-13(14-3-5-15(17)6-4-14)19-16(22)18-7-2-8-20-9-11-21-12-10-20/h3-6,13H,2,7-12H2,1H3,(H2,18,19,22)/t13-/m0/s1. The normalized spacial score (nSPS) is 17.0. The molecule has 2 N–H and O–H groups in total. The lowest BCUT2D eigenvalue weighted by molar-refractivity contribution is 0.0376. The van der Waals surface area contributed by atoms with Crippen LogP contribution in [-0.2, 0) is 4.74 Å². The predicted molar refractivity (Wildman–Crippen MR) is 98.2 cm³/mol. The van der Waals surface area contributed by atoms with E-state index in [1.165, 1.54) is 5.56 Å². The Morgan fingerprint density at radius 3 is 2.68 bits per heavy atom. The van der Waals surface area contributed by atoms with Gasteiger partial charge in [-0.05, 0) is 49.8 Å². The number of rotatable bonds is 6. The first-order valence-electron chi connectivity index (χ1n) is 7.75. The maximum absolute atomic E-state index is 5.36. The highest BCUT2D eigenvalue weighted by Gasteiger charge is 2.10. The molecule has 0 amide bonds. The second-order valence-electron chi connectivity index (χ2n) is 5.48. The molecule has 1 atom stereocenters. The lowest BCUT2D eigenvalue weighted by Gasteiger charge is -2.26. The Balaban J connectivity index is 1.61. The van der Waals surface area contributed by atoms with Gasteiger partial charge in [0.25, 0.3) is 0 Å². The molecule has 1 aromatic rings. The van der Waals surface area contributed by atoms with Crippen LogP contribution in [0.25, 0.3) is 0 Å². The van der Waals surface area contributed by atoms with E-state index in [1.54, 1.807) is 0 Å². The highest BCUT2D eigenvalue weighted by molar-refractivity contribution is 9.10. The van der Waals surface area contributed by atoms with Crippen LogP contribution in [-0.4, -0.2) is 49.4 Å². The Kier molecular flexibility index (Phi) is 7.59. The predicted octanol–water partition coefficient (Wildman–Crippen LogP) is 2.70. The van der Waals surface area contributed by atoms with Crippen molar-refractivity contribution in [3.8, 4) is 0 Å². The Bertz CT molecular complexity index is 463. The molecule has 0 aliphatic carbocycles. The second kappa shape index (κ2) is 9.45. The number of ether oxygens (including phenoxy) is 1. The summed E-state index contributed by atoms with van der Waals surface area (Å²) >= 11 is 8.81. The maximum Gasteiger partial charge on any atom is 0.166 e. The summed E-state index contributed by atoms with van der Waals surface area (Å²) in [6, 6.07) is 8.50. The van der Waals surface area contributed by atoms with E-state index in [1.807, 2.05) is 12.1 Å². The van der Waals surface area contributed by atoms with Gasteiger partial charge in [-0.25, -0.2) is 0 Å². The van der Waals surface area contributed by atoms with E-state index in [4.69, 9.17) is 17.0 Å². The maximum atomic E-state index is 5.36. The molecule has 1 aliphatic heterocycles. The molecule has 0 unspecified atom stereocenters. The third-order valence-electron chi connectivity index (χ3n) is 3.76. The van der Waals surface area contributed by atoms with E-state index < -0.39 is 0 Å². The van der Waals surface area contributed by atoms with Crippen molar-refractivity contribution in [1.82, 2.24) is 15.5 Å². The second-order valence-corrected chi connectivity index (χ2v) is 6.80. The molecule has 0 radical (unpaired) electrons. The van der Waals surface area contributed by atoms with Gasteiger partial charge in [-0.3, -0.25) is 4.90 Å². The molecule has 1 aromatic carbocycles. The SMILES string of the molecule is C[C@H](NC(=S)NCCCN1CCOCC1)c1ccc(Br)cc1. The molecule has 122 valence electrons. The van der Waals surface area contributed by atoms with Crippen molar-refractivity contribution < 1.29 is 4.74 Å². The van der Waals surface area contributed by atoms with E-state index >= 15 is 0 Å². The number of hydrogen-bond donors (Lipinski definition) is 2. The molecular weight excluding hydrogens is 362 g/mol. The minimum absolute atomic E-state index is 0.201. The van der Waals surface area contributed by atoms with Crippen molar-refractivity contribution in [2.24, 2.45) is 0 Å². The summed E-state index contributed by atoms with van der Waals surface area (Å²) in [5.41, 5.74) is 1.22. The molecule has 1 aliphatic rings. The van der Waals surface area contributed by atoms with Gasteiger partial charge in [-0.15, -0.1) is 0 Å². The van der Waals surface area contributed by atoms with E-state index in [0.29, 0.717) is 0 Å². The van der Waals surface area contributed by atoms with Crippen molar-refractivity contribution in [3.05, 3.63) is 34.3 Å². The van der Waals surface area contributed by atoms with Crippen LogP contribution in [0.1, 0.15) is 24.9 Å². The van der Waals surface area contributed by atoms with Gasteiger partial charge in [0.1, 0.15) is 0 Å². The van der Waals surface area contributed by atoms with Gasteiger partial charge in [0, 0.05) is 24.1 Å². The first kappa shape index (κ1) is 17.7. The van der Waals surface area contributed by atoms with Gasteiger partial charge in [0.15, 0.2) is 5.11 Å². The van der Waals surface area contributed by atoms with E-state index in [2.05, 4.69) is 50.5 Å². The monoisotopic (exact) mass is 385 g/mol. The van der Waals surface area contributed by atoms with Crippen LogP contribution in [0.4, 0.5) is 0 Å². The lowest BCUT2D eigenvalue weighted by Crippen LogP contribution is -2.40. The first-order valence-corrected chi connectivity index (χ1v) is 8.95. The fourth-order valence-corrected chi connectivity index (χ4v) is 2.95. The average Bonchev–Trinajstić information content (AvgIpc) is 2.53. The molecule has 1 fully saturated rings. The van der Waals surface area contributed by atoms with Crippen molar-refractivity contribution in [3.63, 3.8) is 0 Å². The molecule has 2 rings (SSSR count). The third kappa shape index (κ3) is 6.20. The summed E-state index contributed by atoms with van der Waals surface area (Å²) in [5, 5.41) is 7.33. The van der Waals surface area contributed by atoms with Crippen LogP contribution in [0.5, 0.6) is 0 Å². The Morgan fingerprint density at radius 1 is 1.32 bits per heavy atom. The molecule has 22 heavy (non-hydrogen) atoms. The highest BCUT2D eigenvalue weighted by Crippen LogP contribution is 2.16. The van der Waals surface area contributed by atoms with Crippen LogP contribution >= 0.6 is 28.1 Å². The molecule has 6 heteroatoms. The zero-order valence-corrected chi connectivity index (χ0v) is 15.4. The molecule has 0 spiro atoms. The first-order chi connectivity index (χ1) is 10.6. The lowest BCUT2D eigenvalue weighted by atomic mass is 10.1. The number of nitrogens with zero attached hydrogens (tertiary/aromatic N) is 1. The van der Waals surface area contributed by atoms with Crippen LogP contribution in [0.3, 0.4) is 0 Å². The third-order valence-corrected chi connectivity index (χ3v) is 4.55. The van der Waals surface area contributed by atoms with E-state index in [9.17, 15) is 0 Å². The highest BCUT2D eigenvalue weighted by atomic mass is 79.9. The summed E-state index contributed by atoms with van der Waals surface area (Å²) in [7, 11) is 0. The Morgan fingerprint density at radius 2 is 2.00 bits per heavy atom. The van der Waals surface area contributed by atoms with Crippen LogP contribution in [0.15, 0.2) is 28.7 Å². The van der Waals surface area contributed by atoms with Gasteiger partial charge in [0.05, 0.1) is 19.3 Å². The molecule has 1 saturated heterocycles. The summed E-state index contributed by atoms with van der Waals surface area (Å²) < 4.78 is 6.44. The van der Waals surface area contributed by atoms with Gasteiger partial charge < -0.3 is 15.4 Å². The number of thiocarbonyl (C=S) groups is 1. The van der Waals surface area contributed by atoms with Crippen LogP contribution in [0, 0.1) is 0 Å². The molecule has 0 saturated carbocycles. The number of nitrogens with one attached hydrogen (secondary N) is 2. The summed E-state index contributed by atoms with van der Waals surface area (Å²) in [4.78, 5) is 2.44. The molecule has 4 nitrogen and oxygen atoms in total. The van der Waals surface area contributed by atoms with Gasteiger partial charge in [-0.1, -0.05) is 28.1 Å². The smallest absolute Gasteiger partial charge is 0.166 e. The van der Waals surface area contributed by atoms with Crippen molar-refractivity contribution >= 4 is 33.3 Å². The average molecular weight is 386 g/mol. The zero-order chi connectivity index (χ0) is 15.8. The summed E-state index contributed by atoms with van der Waals surface area (Å²) in [5.74, 6) is 0. The fourth-order valence-electron chi connectivity index (χ4n) is 2.41. The minimum Gasteiger partial charge on any atom is -0.379 e. The van der Waals surface area contributed by atoms with E-state index in [-0.39, 0.29) is 6.04 Å².